The summed E-state index contributed by atoms with van der Waals surface area (Å²) in [7, 11) is 1.89. The van der Waals surface area contributed by atoms with Gasteiger partial charge in [0.15, 0.2) is 0 Å². The molecule has 0 saturated carbocycles. The molecule has 0 aliphatic carbocycles. The lowest BCUT2D eigenvalue weighted by molar-refractivity contribution is -0.121. The van der Waals surface area contributed by atoms with Gasteiger partial charge in [-0.25, -0.2) is 4.98 Å². The molecule has 1 heterocycles. The van der Waals surface area contributed by atoms with Crippen molar-refractivity contribution < 1.29 is 4.79 Å². The maximum Gasteiger partial charge on any atom is 0.220 e. The molecule has 0 radical (unpaired) electrons. The summed E-state index contributed by atoms with van der Waals surface area (Å²) in [6.45, 7) is 1.50. The number of hydrogen-bond acceptors (Lipinski definition) is 4. The molecule has 4 nitrogen and oxygen atoms in total. The molecule has 2 N–H and O–H groups in total. The van der Waals surface area contributed by atoms with Crippen LogP contribution in [0.25, 0.3) is 10.2 Å². The Morgan fingerprint density at radius 2 is 2.25 bits per heavy atom. The topological polar surface area (TPSA) is 54.0 Å². The Balaban J connectivity index is 1.79. The minimum absolute atomic E-state index is 0.101. The van der Waals surface area contributed by atoms with Gasteiger partial charge >= 0.3 is 0 Å². The Morgan fingerprint density at radius 1 is 1.40 bits per heavy atom. The summed E-state index contributed by atoms with van der Waals surface area (Å²) in [4.78, 5) is 16.1. The second-order valence-electron chi connectivity index (χ2n) is 4.53. The van der Waals surface area contributed by atoms with E-state index in [1.54, 1.807) is 11.3 Å². The molecule has 108 valence electrons. The lowest BCUT2D eigenvalue weighted by atomic mass is 10.3. The average molecular weight is 312 g/mol. The molecule has 6 heteroatoms. The van der Waals surface area contributed by atoms with Gasteiger partial charge in [-0.2, -0.15) is 0 Å². The minimum atomic E-state index is 0.101. The Labute approximate surface area is 127 Å². The molecule has 0 spiro atoms. The van der Waals surface area contributed by atoms with Crippen molar-refractivity contribution in [3.8, 4) is 0 Å². The average Bonchev–Trinajstić information content (AvgIpc) is 2.81. The van der Waals surface area contributed by atoms with Crippen LogP contribution in [0.4, 0.5) is 0 Å². The van der Waals surface area contributed by atoms with Gasteiger partial charge < -0.3 is 10.6 Å². The Morgan fingerprint density at radius 3 is 3.05 bits per heavy atom. The smallest absolute Gasteiger partial charge is 0.220 e. The molecule has 0 bridgehead atoms. The van der Waals surface area contributed by atoms with E-state index < -0.39 is 0 Å². The van der Waals surface area contributed by atoms with E-state index in [-0.39, 0.29) is 5.91 Å². The summed E-state index contributed by atoms with van der Waals surface area (Å²) in [5.74, 6) is 0.101. The quantitative estimate of drug-likeness (QED) is 0.773. The minimum Gasteiger partial charge on any atom is -0.356 e. The van der Waals surface area contributed by atoms with Crippen LogP contribution < -0.4 is 10.6 Å². The van der Waals surface area contributed by atoms with Crippen LogP contribution in [0.1, 0.15) is 17.8 Å². The number of fused-ring (bicyclic) bond motifs is 1. The number of nitrogens with zero attached hydrogens (tertiary/aromatic N) is 1. The van der Waals surface area contributed by atoms with E-state index in [0.29, 0.717) is 18.0 Å². The summed E-state index contributed by atoms with van der Waals surface area (Å²) >= 11 is 7.58. The normalized spacial score (nSPS) is 10.9. The van der Waals surface area contributed by atoms with E-state index in [9.17, 15) is 4.79 Å². The highest BCUT2D eigenvalue weighted by molar-refractivity contribution is 7.18. The summed E-state index contributed by atoms with van der Waals surface area (Å²) in [5.41, 5.74) is 0.929. The molecule has 0 aliphatic rings. The van der Waals surface area contributed by atoms with Crippen molar-refractivity contribution in [2.75, 3.05) is 20.1 Å². The third-order valence-corrected chi connectivity index (χ3v) is 4.22. The molecule has 0 unspecified atom stereocenters. The van der Waals surface area contributed by atoms with E-state index in [2.05, 4.69) is 15.6 Å². The standard InChI is InChI=1S/C14H18ClN3OS/c1-16-7-2-3-13(19)17-8-6-14-18-11-9-10(15)4-5-12(11)20-14/h4-5,9,16H,2-3,6-8H2,1H3,(H,17,19). The van der Waals surface area contributed by atoms with Crippen LogP contribution in [0, 0.1) is 0 Å². The predicted octanol–water partition coefficient (Wildman–Crippen LogP) is 2.61. The largest absolute Gasteiger partial charge is 0.356 e. The van der Waals surface area contributed by atoms with Crippen LogP contribution >= 0.6 is 22.9 Å². The fraction of sp³-hybridized carbons (Fsp3) is 0.429. The molecule has 0 fully saturated rings. The first-order valence-corrected chi connectivity index (χ1v) is 7.85. The lowest BCUT2D eigenvalue weighted by Gasteiger charge is -2.03. The molecule has 0 aliphatic heterocycles. The van der Waals surface area contributed by atoms with Crippen LogP contribution in [0.3, 0.4) is 0 Å². The van der Waals surface area contributed by atoms with E-state index in [0.717, 1.165) is 34.6 Å². The molecule has 2 rings (SSSR count). The Hall–Kier alpha value is -1.17. The summed E-state index contributed by atoms with van der Waals surface area (Å²) in [5, 5.41) is 7.67. The van der Waals surface area contributed by atoms with Crippen molar-refractivity contribution in [2.45, 2.75) is 19.3 Å². The van der Waals surface area contributed by atoms with Gasteiger partial charge in [0.2, 0.25) is 5.91 Å². The van der Waals surface area contributed by atoms with Gasteiger partial charge in [0.05, 0.1) is 15.2 Å². The first kappa shape index (κ1) is 15.2. The number of benzene rings is 1. The predicted molar refractivity (Wildman–Crippen MR) is 84.5 cm³/mol. The number of hydrogen-bond donors (Lipinski definition) is 2. The number of aromatic nitrogens is 1. The molecular weight excluding hydrogens is 294 g/mol. The van der Waals surface area contributed by atoms with Crippen molar-refractivity contribution in [1.82, 2.24) is 15.6 Å². The third-order valence-electron chi connectivity index (χ3n) is 2.89. The molecular formula is C14H18ClN3OS. The van der Waals surface area contributed by atoms with E-state index >= 15 is 0 Å². The van der Waals surface area contributed by atoms with Crippen molar-refractivity contribution >= 4 is 39.1 Å². The highest BCUT2D eigenvalue weighted by Crippen LogP contribution is 2.24. The number of halogens is 1. The summed E-state index contributed by atoms with van der Waals surface area (Å²) in [6, 6.07) is 5.72. The highest BCUT2D eigenvalue weighted by Gasteiger charge is 2.05. The fourth-order valence-corrected chi connectivity index (χ4v) is 2.99. The molecule has 0 saturated heterocycles. The highest BCUT2D eigenvalue weighted by atomic mass is 35.5. The van der Waals surface area contributed by atoms with Gasteiger partial charge in [0, 0.05) is 24.4 Å². The van der Waals surface area contributed by atoms with E-state index in [4.69, 9.17) is 11.6 Å². The van der Waals surface area contributed by atoms with Crippen molar-refractivity contribution in [3.63, 3.8) is 0 Å². The monoisotopic (exact) mass is 311 g/mol. The number of carbonyl (C=O) groups is 1. The summed E-state index contributed by atoms with van der Waals surface area (Å²) < 4.78 is 1.13. The van der Waals surface area contributed by atoms with Crippen molar-refractivity contribution in [2.24, 2.45) is 0 Å². The first-order valence-electron chi connectivity index (χ1n) is 6.65. The van der Waals surface area contributed by atoms with Crippen LogP contribution in [0.2, 0.25) is 5.02 Å². The third kappa shape index (κ3) is 4.44. The maximum absolute atomic E-state index is 11.6. The second kappa shape index (κ2) is 7.57. The Kier molecular flexibility index (Phi) is 5.76. The molecule has 0 atom stereocenters. The van der Waals surface area contributed by atoms with Crippen LogP contribution in [-0.4, -0.2) is 31.0 Å². The van der Waals surface area contributed by atoms with Crippen LogP contribution in [0.5, 0.6) is 0 Å². The van der Waals surface area contributed by atoms with Crippen LogP contribution in [-0.2, 0) is 11.2 Å². The van der Waals surface area contributed by atoms with Gasteiger partial charge in [-0.3, -0.25) is 4.79 Å². The zero-order chi connectivity index (χ0) is 14.4. The van der Waals surface area contributed by atoms with Gasteiger partial charge in [-0.05, 0) is 38.2 Å². The number of carbonyl (C=O) groups excluding carboxylic acids is 1. The number of nitrogens with one attached hydrogen (secondary N) is 2. The van der Waals surface area contributed by atoms with Gasteiger partial charge in [0.25, 0.3) is 0 Å². The molecule has 20 heavy (non-hydrogen) atoms. The molecule has 1 aromatic carbocycles. The van der Waals surface area contributed by atoms with Crippen molar-refractivity contribution in [3.05, 3.63) is 28.2 Å². The lowest BCUT2D eigenvalue weighted by Crippen LogP contribution is -2.26. The zero-order valence-electron chi connectivity index (χ0n) is 11.4. The summed E-state index contributed by atoms with van der Waals surface area (Å²) in [6.07, 6.45) is 2.19. The zero-order valence-corrected chi connectivity index (χ0v) is 13.0. The molecule has 1 aromatic heterocycles. The van der Waals surface area contributed by atoms with Gasteiger partial charge in [-0.1, -0.05) is 11.6 Å². The van der Waals surface area contributed by atoms with Gasteiger partial charge in [-0.15, -0.1) is 11.3 Å². The van der Waals surface area contributed by atoms with Crippen LogP contribution in [0.15, 0.2) is 18.2 Å². The van der Waals surface area contributed by atoms with Gasteiger partial charge in [0.1, 0.15) is 0 Å². The molecule has 1 amide bonds. The fourth-order valence-electron chi connectivity index (χ4n) is 1.88. The molecule has 2 aromatic rings. The number of rotatable bonds is 7. The van der Waals surface area contributed by atoms with Crippen molar-refractivity contribution in [1.29, 1.82) is 0 Å². The van der Waals surface area contributed by atoms with E-state index in [1.807, 2.05) is 25.2 Å². The van der Waals surface area contributed by atoms with E-state index in [1.165, 1.54) is 0 Å². The second-order valence-corrected chi connectivity index (χ2v) is 6.08. The number of amides is 1. The Bertz CT molecular complexity index is 585. The SMILES string of the molecule is CNCCCC(=O)NCCc1nc2cc(Cl)ccc2s1. The number of thiazole rings is 1. The maximum atomic E-state index is 11.6. The first-order chi connectivity index (χ1) is 9.69.